The van der Waals surface area contributed by atoms with Crippen molar-refractivity contribution in [1.82, 2.24) is 19.0 Å². The number of aryl methyl sites for hydroxylation is 2. The lowest BCUT2D eigenvalue weighted by molar-refractivity contribution is -0.135. The molecule has 0 N–H and O–H groups in total. The van der Waals surface area contributed by atoms with Crippen LogP contribution in [0.2, 0.25) is 0 Å². The molecule has 10 heteroatoms. The van der Waals surface area contributed by atoms with Crippen LogP contribution < -0.4 is 4.74 Å². The summed E-state index contributed by atoms with van der Waals surface area (Å²) < 4.78 is 32.7. The summed E-state index contributed by atoms with van der Waals surface area (Å²) in [6.45, 7) is 7.54. The average molecular weight is 523 g/mol. The predicted octanol–water partition coefficient (Wildman–Crippen LogP) is 1.91. The highest BCUT2D eigenvalue weighted by atomic mass is 32.2. The van der Waals surface area contributed by atoms with Gasteiger partial charge in [-0.15, -0.1) is 0 Å². The Morgan fingerprint density at radius 3 is 2.25 bits per heavy atom. The summed E-state index contributed by atoms with van der Waals surface area (Å²) in [5.41, 5.74) is 1.18. The van der Waals surface area contributed by atoms with E-state index in [4.69, 9.17) is 4.74 Å². The van der Waals surface area contributed by atoms with Crippen molar-refractivity contribution in [3.8, 4) is 5.75 Å². The first-order valence-corrected chi connectivity index (χ1v) is 14.2. The van der Waals surface area contributed by atoms with Crippen molar-refractivity contribution in [2.75, 3.05) is 61.0 Å². The molecule has 0 bridgehead atoms. The van der Waals surface area contributed by atoms with E-state index in [1.54, 1.807) is 37.9 Å². The third-order valence-electron chi connectivity index (χ3n) is 7.73. The van der Waals surface area contributed by atoms with Crippen LogP contribution in [-0.4, -0.2) is 112 Å². The lowest BCUT2D eigenvalue weighted by Crippen LogP contribution is -2.45. The van der Waals surface area contributed by atoms with Gasteiger partial charge in [-0.1, -0.05) is 0 Å². The van der Waals surface area contributed by atoms with Crippen LogP contribution in [0.5, 0.6) is 5.75 Å². The summed E-state index contributed by atoms with van der Waals surface area (Å²) in [5, 5.41) is 0. The molecule has 1 aromatic rings. The Morgan fingerprint density at radius 2 is 1.67 bits per heavy atom. The van der Waals surface area contributed by atoms with Gasteiger partial charge in [0, 0.05) is 52.2 Å². The number of Topliss-reactive ketones (excluding diaryl/α,β-unsaturated/α-hetero) is 1. The molecule has 2 heterocycles. The monoisotopic (exact) mass is 522 g/mol. The number of ketones is 1. The fraction of sp³-hybridized carbons (Fsp3) is 0.692. The molecule has 1 atom stereocenters. The first kappa shape index (κ1) is 28.6. The van der Waals surface area contributed by atoms with Crippen molar-refractivity contribution >= 4 is 21.7 Å². The zero-order valence-corrected chi connectivity index (χ0v) is 23.4. The number of methoxy groups -OCH3 is 1. The Kier molecular flexibility index (Phi) is 9.54. The number of likely N-dealkylation sites (N-methyl/N-ethyl adjacent to an activating group) is 1. The number of rotatable bonds is 10. The second-order valence-corrected chi connectivity index (χ2v) is 12.3. The van der Waals surface area contributed by atoms with Gasteiger partial charge in [-0.3, -0.25) is 14.5 Å². The van der Waals surface area contributed by atoms with Gasteiger partial charge in [-0.2, -0.15) is 0 Å². The summed E-state index contributed by atoms with van der Waals surface area (Å²) in [7, 11) is 3.16. The minimum atomic E-state index is -3.78. The largest absolute Gasteiger partial charge is 0.497 e. The first-order valence-electron chi connectivity index (χ1n) is 12.8. The second kappa shape index (κ2) is 12.0. The highest BCUT2D eigenvalue weighted by Gasteiger charge is 2.34. The number of hydrogen-bond acceptors (Lipinski definition) is 7. The van der Waals surface area contributed by atoms with E-state index in [1.807, 2.05) is 0 Å². The van der Waals surface area contributed by atoms with Crippen LogP contribution in [0.3, 0.4) is 0 Å². The molecule has 1 amide bonds. The molecule has 0 spiro atoms. The minimum Gasteiger partial charge on any atom is -0.497 e. The molecule has 0 saturated carbocycles. The zero-order valence-electron chi connectivity index (χ0n) is 22.6. The van der Waals surface area contributed by atoms with E-state index < -0.39 is 10.0 Å². The molecule has 3 rings (SSSR count). The number of hydrogen-bond donors (Lipinski definition) is 0. The second-order valence-electron chi connectivity index (χ2n) is 10.4. The molecular weight excluding hydrogens is 480 g/mol. The molecule has 9 nitrogen and oxygen atoms in total. The number of amides is 1. The van der Waals surface area contributed by atoms with Crippen molar-refractivity contribution in [1.29, 1.82) is 0 Å². The molecular formula is C26H42N4O5S. The summed E-state index contributed by atoms with van der Waals surface area (Å²) in [4.78, 5) is 32.2. The first-order chi connectivity index (χ1) is 16.9. The molecule has 202 valence electrons. The number of ether oxygens (including phenoxy) is 1. The van der Waals surface area contributed by atoms with Crippen LogP contribution in [-0.2, 0) is 19.6 Å². The molecule has 1 aromatic carbocycles. The van der Waals surface area contributed by atoms with Crippen LogP contribution >= 0.6 is 0 Å². The van der Waals surface area contributed by atoms with Crippen LogP contribution in [0, 0.1) is 13.8 Å². The summed E-state index contributed by atoms with van der Waals surface area (Å²) in [6.07, 6.45) is 3.03. The van der Waals surface area contributed by atoms with Gasteiger partial charge in [-0.05, 0) is 76.5 Å². The van der Waals surface area contributed by atoms with E-state index in [0.29, 0.717) is 22.9 Å². The van der Waals surface area contributed by atoms with E-state index >= 15 is 0 Å². The SMILES string of the molecule is COc1cc(C)c(S(=O)(=O)N(C)CCC(=O)CC(=O)N(C)C2CCN(C3CCN(C)CC3)C2)c(C)c1. The molecule has 2 fully saturated rings. The lowest BCUT2D eigenvalue weighted by Gasteiger charge is -2.35. The maximum atomic E-state index is 13.2. The Morgan fingerprint density at radius 1 is 1.06 bits per heavy atom. The fourth-order valence-electron chi connectivity index (χ4n) is 5.35. The molecule has 2 aliphatic heterocycles. The molecule has 1 unspecified atom stereocenters. The van der Waals surface area contributed by atoms with E-state index in [0.717, 1.165) is 45.4 Å². The van der Waals surface area contributed by atoms with E-state index in [9.17, 15) is 18.0 Å². The van der Waals surface area contributed by atoms with E-state index in [-0.39, 0.29) is 42.0 Å². The highest BCUT2D eigenvalue weighted by Crippen LogP contribution is 2.28. The van der Waals surface area contributed by atoms with Crippen molar-refractivity contribution in [2.24, 2.45) is 0 Å². The Bertz CT molecular complexity index is 1030. The van der Waals surface area contributed by atoms with Gasteiger partial charge >= 0.3 is 0 Å². The van der Waals surface area contributed by atoms with Crippen molar-refractivity contribution in [3.05, 3.63) is 23.3 Å². The standard InChI is InChI=1S/C26H42N4O5S/c1-19-15-24(35-6)16-20(2)26(19)36(33,34)28(4)13-10-23(31)17-25(32)29(5)22-9-14-30(18-22)21-7-11-27(3)12-8-21/h15-16,21-22H,7-14,17-18H2,1-6H3. The molecule has 0 aromatic heterocycles. The predicted molar refractivity (Wildman–Crippen MR) is 140 cm³/mol. The van der Waals surface area contributed by atoms with E-state index in [2.05, 4.69) is 16.8 Å². The zero-order chi connectivity index (χ0) is 26.6. The molecule has 0 radical (unpaired) electrons. The average Bonchev–Trinajstić information content (AvgIpc) is 3.31. The third-order valence-corrected chi connectivity index (χ3v) is 9.90. The van der Waals surface area contributed by atoms with Gasteiger partial charge in [0.05, 0.1) is 18.4 Å². The van der Waals surface area contributed by atoms with Gasteiger partial charge in [-0.25, -0.2) is 12.7 Å². The number of nitrogens with zero attached hydrogens (tertiary/aromatic N) is 4. The van der Waals surface area contributed by atoms with Crippen LogP contribution in [0.15, 0.2) is 17.0 Å². The third kappa shape index (κ3) is 6.65. The summed E-state index contributed by atoms with van der Waals surface area (Å²) in [6, 6.07) is 4.06. The minimum absolute atomic E-state index is 0.00402. The normalized spacial score (nSPS) is 20.1. The maximum absolute atomic E-state index is 13.2. The molecule has 2 saturated heterocycles. The number of piperidine rings is 1. The number of benzene rings is 1. The van der Waals surface area contributed by atoms with Gasteiger partial charge in [0.25, 0.3) is 0 Å². The fourth-order valence-corrected chi connectivity index (χ4v) is 6.93. The Hall–Kier alpha value is -2.01. The highest BCUT2D eigenvalue weighted by molar-refractivity contribution is 7.89. The van der Waals surface area contributed by atoms with Crippen LogP contribution in [0.25, 0.3) is 0 Å². The number of carbonyl (C=O) groups is 2. The van der Waals surface area contributed by atoms with Crippen LogP contribution in [0.1, 0.15) is 43.2 Å². The Labute approximate surface area is 216 Å². The number of carbonyl (C=O) groups excluding carboxylic acids is 2. The van der Waals surface area contributed by atoms with E-state index in [1.165, 1.54) is 18.5 Å². The quantitative estimate of drug-likeness (QED) is 0.434. The molecule has 2 aliphatic rings. The van der Waals surface area contributed by atoms with Crippen molar-refractivity contribution in [2.45, 2.75) is 62.9 Å². The lowest BCUT2D eigenvalue weighted by atomic mass is 10.0. The topological polar surface area (TPSA) is 90.5 Å². The van der Waals surface area contributed by atoms with Crippen LogP contribution in [0.4, 0.5) is 0 Å². The summed E-state index contributed by atoms with van der Waals surface area (Å²) in [5.74, 6) is 0.158. The maximum Gasteiger partial charge on any atom is 0.243 e. The van der Waals surface area contributed by atoms with Gasteiger partial charge in [0.1, 0.15) is 11.5 Å². The number of likely N-dealkylation sites (tertiary alicyclic amines) is 2. The van der Waals surface area contributed by atoms with Gasteiger partial charge in [0.15, 0.2) is 0 Å². The van der Waals surface area contributed by atoms with Gasteiger partial charge < -0.3 is 14.5 Å². The number of sulfonamides is 1. The Balaban J connectivity index is 1.50. The van der Waals surface area contributed by atoms with Gasteiger partial charge in [0.2, 0.25) is 15.9 Å². The van der Waals surface area contributed by atoms with Crippen molar-refractivity contribution in [3.63, 3.8) is 0 Å². The van der Waals surface area contributed by atoms with Crippen molar-refractivity contribution < 1.29 is 22.7 Å². The summed E-state index contributed by atoms with van der Waals surface area (Å²) >= 11 is 0. The molecule has 36 heavy (non-hydrogen) atoms. The smallest absolute Gasteiger partial charge is 0.243 e. The molecule has 0 aliphatic carbocycles.